The average molecular weight is 321 g/mol. The molecule has 9 heteroatoms. The maximum Gasteiger partial charge on any atom is 0.303 e. The third kappa shape index (κ3) is 3.14. The van der Waals surface area contributed by atoms with Crippen molar-refractivity contribution in [3.05, 3.63) is 18.2 Å². The number of carboxylic acids is 1. The van der Waals surface area contributed by atoms with Crippen molar-refractivity contribution in [1.29, 1.82) is 0 Å². The molecule has 0 radical (unpaired) electrons. The number of carboxylic acid groups (broad SMARTS) is 1. The lowest BCUT2D eigenvalue weighted by Crippen LogP contribution is -2.12. The number of hydrogen-bond acceptors (Lipinski definition) is 7. The van der Waals surface area contributed by atoms with Crippen LogP contribution in [0.1, 0.15) is 12.8 Å². The van der Waals surface area contributed by atoms with E-state index in [0.717, 1.165) is 5.56 Å². The highest BCUT2D eigenvalue weighted by molar-refractivity contribution is 7.18. The van der Waals surface area contributed by atoms with Crippen LogP contribution in [-0.2, 0) is 9.59 Å². The lowest BCUT2D eigenvalue weighted by atomic mass is 10.2. The van der Waals surface area contributed by atoms with Gasteiger partial charge in [-0.15, -0.1) is 10.2 Å². The topological polar surface area (TPSA) is 111 Å². The largest absolute Gasteiger partial charge is 0.481 e. The number of carbonyl (C=O) groups excluding carboxylic acids is 1. The van der Waals surface area contributed by atoms with Crippen LogP contribution in [0.2, 0.25) is 0 Å². The van der Waals surface area contributed by atoms with Crippen molar-refractivity contribution >= 4 is 28.3 Å². The second-order valence-electron chi connectivity index (χ2n) is 4.42. The van der Waals surface area contributed by atoms with Crippen molar-refractivity contribution in [2.24, 2.45) is 0 Å². The Hall–Kier alpha value is -2.68. The summed E-state index contributed by atoms with van der Waals surface area (Å²) in [6.07, 6.45) is -0.325. The molecule has 2 heterocycles. The first-order valence-electron chi connectivity index (χ1n) is 6.37. The number of ether oxygens (including phenoxy) is 2. The Kier molecular flexibility index (Phi) is 3.88. The maximum atomic E-state index is 11.5. The number of aromatic nitrogens is 2. The minimum Gasteiger partial charge on any atom is -0.481 e. The Morgan fingerprint density at radius 1 is 1.23 bits per heavy atom. The molecule has 2 N–H and O–H groups in total. The van der Waals surface area contributed by atoms with Crippen molar-refractivity contribution < 1.29 is 24.2 Å². The van der Waals surface area contributed by atoms with Gasteiger partial charge in [0.05, 0.1) is 6.42 Å². The Morgan fingerprint density at radius 3 is 2.86 bits per heavy atom. The molecule has 0 atom stereocenters. The second kappa shape index (κ2) is 5.98. The van der Waals surface area contributed by atoms with Crippen molar-refractivity contribution in [3.63, 3.8) is 0 Å². The zero-order valence-corrected chi connectivity index (χ0v) is 12.1. The van der Waals surface area contributed by atoms with Crippen LogP contribution >= 0.6 is 11.3 Å². The summed E-state index contributed by atoms with van der Waals surface area (Å²) >= 11 is 1.20. The van der Waals surface area contributed by atoms with E-state index in [1.54, 1.807) is 12.1 Å². The zero-order chi connectivity index (χ0) is 15.5. The minimum atomic E-state index is -1.02. The standard InChI is InChI=1S/C13H11N3O5S/c17-10(3-4-11(18)19)14-13-16-15-12(22-13)7-1-2-8-9(5-7)21-6-20-8/h1-2,5H,3-4,6H2,(H,18,19)(H,14,16,17). The molecule has 1 amide bonds. The van der Waals surface area contributed by atoms with E-state index in [1.165, 1.54) is 11.3 Å². The van der Waals surface area contributed by atoms with Crippen LogP contribution in [0.3, 0.4) is 0 Å². The number of fused-ring (bicyclic) bond motifs is 1. The molecule has 1 aromatic carbocycles. The predicted molar refractivity (Wildman–Crippen MR) is 77.0 cm³/mol. The molecular weight excluding hydrogens is 310 g/mol. The fourth-order valence-corrected chi connectivity index (χ4v) is 2.58. The van der Waals surface area contributed by atoms with Crippen LogP contribution in [0.25, 0.3) is 10.6 Å². The molecule has 1 aliphatic rings. The summed E-state index contributed by atoms with van der Waals surface area (Å²) in [5, 5.41) is 19.9. The Bertz CT molecular complexity index is 730. The summed E-state index contributed by atoms with van der Waals surface area (Å²) in [6, 6.07) is 5.40. The van der Waals surface area contributed by atoms with Crippen LogP contribution < -0.4 is 14.8 Å². The van der Waals surface area contributed by atoms with E-state index in [9.17, 15) is 9.59 Å². The molecular formula is C13H11N3O5S. The van der Waals surface area contributed by atoms with Crippen molar-refractivity contribution in [2.75, 3.05) is 12.1 Å². The van der Waals surface area contributed by atoms with Gasteiger partial charge in [-0.25, -0.2) is 0 Å². The average Bonchev–Trinajstić information content (AvgIpc) is 3.12. The minimum absolute atomic E-state index is 0.103. The SMILES string of the molecule is O=C(O)CCC(=O)Nc1nnc(-c2ccc3c(c2)OCO3)s1. The van der Waals surface area contributed by atoms with E-state index in [2.05, 4.69) is 15.5 Å². The van der Waals surface area contributed by atoms with E-state index < -0.39 is 11.9 Å². The van der Waals surface area contributed by atoms with E-state index in [0.29, 0.717) is 21.6 Å². The highest BCUT2D eigenvalue weighted by Gasteiger charge is 2.16. The van der Waals surface area contributed by atoms with Gasteiger partial charge in [-0.05, 0) is 18.2 Å². The van der Waals surface area contributed by atoms with Gasteiger partial charge in [0.1, 0.15) is 5.01 Å². The Balaban J connectivity index is 1.68. The molecule has 0 bridgehead atoms. The summed E-state index contributed by atoms with van der Waals surface area (Å²) in [4.78, 5) is 22.0. The lowest BCUT2D eigenvalue weighted by Gasteiger charge is -1.99. The quantitative estimate of drug-likeness (QED) is 0.862. The van der Waals surface area contributed by atoms with Gasteiger partial charge in [0.15, 0.2) is 11.5 Å². The number of hydrogen-bond donors (Lipinski definition) is 2. The van der Waals surface area contributed by atoms with Crippen molar-refractivity contribution in [2.45, 2.75) is 12.8 Å². The molecule has 0 fully saturated rings. The van der Waals surface area contributed by atoms with Gasteiger partial charge in [-0.2, -0.15) is 0 Å². The van der Waals surface area contributed by atoms with Crippen molar-refractivity contribution in [1.82, 2.24) is 10.2 Å². The number of nitrogens with one attached hydrogen (secondary N) is 1. The molecule has 3 rings (SSSR count). The van der Waals surface area contributed by atoms with Gasteiger partial charge >= 0.3 is 5.97 Å². The summed E-state index contributed by atoms with van der Waals surface area (Å²) in [5.74, 6) is -0.112. The fraction of sp³-hybridized carbons (Fsp3) is 0.231. The predicted octanol–water partition coefficient (Wildman–Crippen LogP) is 1.74. The molecule has 22 heavy (non-hydrogen) atoms. The first-order chi connectivity index (χ1) is 10.6. The van der Waals surface area contributed by atoms with Gasteiger partial charge < -0.3 is 19.9 Å². The third-order valence-corrected chi connectivity index (χ3v) is 3.74. The number of rotatable bonds is 5. The number of aliphatic carboxylic acids is 1. The molecule has 1 aromatic heterocycles. The zero-order valence-electron chi connectivity index (χ0n) is 11.2. The van der Waals surface area contributed by atoms with Gasteiger partial charge in [-0.1, -0.05) is 11.3 Å². The normalized spacial score (nSPS) is 12.2. The lowest BCUT2D eigenvalue weighted by molar-refractivity contribution is -0.138. The van der Waals surface area contributed by atoms with Crippen LogP contribution in [0.4, 0.5) is 5.13 Å². The molecule has 1 aliphatic heterocycles. The first-order valence-corrected chi connectivity index (χ1v) is 7.18. The van der Waals surface area contributed by atoms with E-state index in [1.807, 2.05) is 6.07 Å². The van der Waals surface area contributed by atoms with Gasteiger partial charge in [0.25, 0.3) is 0 Å². The fourth-order valence-electron chi connectivity index (χ4n) is 1.82. The van der Waals surface area contributed by atoms with Gasteiger partial charge in [-0.3, -0.25) is 9.59 Å². The van der Waals surface area contributed by atoms with Crippen LogP contribution in [0.15, 0.2) is 18.2 Å². The van der Waals surface area contributed by atoms with E-state index in [-0.39, 0.29) is 19.6 Å². The highest BCUT2D eigenvalue weighted by atomic mass is 32.1. The summed E-state index contributed by atoms with van der Waals surface area (Å²) in [6.45, 7) is 0.194. The summed E-state index contributed by atoms with van der Waals surface area (Å²) in [5.41, 5.74) is 0.799. The Labute approximate surface area is 128 Å². The summed E-state index contributed by atoms with van der Waals surface area (Å²) in [7, 11) is 0. The molecule has 0 saturated carbocycles. The molecule has 0 aliphatic carbocycles. The molecule has 114 valence electrons. The number of anilines is 1. The Morgan fingerprint density at radius 2 is 2.05 bits per heavy atom. The maximum absolute atomic E-state index is 11.5. The number of nitrogens with zero attached hydrogens (tertiary/aromatic N) is 2. The van der Waals surface area contributed by atoms with E-state index >= 15 is 0 Å². The number of carbonyl (C=O) groups is 2. The van der Waals surface area contributed by atoms with Crippen LogP contribution in [0.5, 0.6) is 11.5 Å². The van der Waals surface area contributed by atoms with Crippen molar-refractivity contribution in [3.8, 4) is 22.1 Å². The highest BCUT2D eigenvalue weighted by Crippen LogP contribution is 2.37. The third-order valence-electron chi connectivity index (χ3n) is 2.86. The van der Waals surface area contributed by atoms with E-state index in [4.69, 9.17) is 14.6 Å². The number of benzene rings is 1. The number of amides is 1. The monoisotopic (exact) mass is 321 g/mol. The van der Waals surface area contributed by atoms with Gasteiger partial charge in [0.2, 0.25) is 17.8 Å². The first kappa shape index (κ1) is 14.3. The molecule has 2 aromatic rings. The van der Waals surface area contributed by atoms with Crippen LogP contribution in [-0.4, -0.2) is 34.0 Å². The molecule has 0 saturated heterocycles. The second-order valence-corrected chi connectivity index (χ2v) is 5.40. The molecule has 8 nitrogen and oxygen atoms in total. The van der Waals surface area contributed by atoms with Gasteiger partial charge in [0, 0.05) is 12.0 Å². The molecule has 0 unspecified atom stereocenters. The molecule has 0 spiro atoms. The summed E-state index contributed by atoms with van der Waals surface area (Å²) < 4.78 is 10.5. The smallest absolute Gasteiger partial charge is 0.303 e. The van der Waals surface area contributed by atoms with Crippen LogP contribution in [0, 0.1) is 0 Å².